The molecule has 0 radical (unpaired) electrons. The normalized spacial score (nSPS) is 10.5. The molecule has 1 aromatic heterocycles. The third-order valence-electron chi connectivity index (χ3n) is 3.67. The number of nitrogens with one attached hydrogen (secondary N) is 2. The van der Waals surface area contributed by atoms with E-state index in [9.17, 15) is 14.0 Å². The number of hydrogen-bond donors (Lipinski definition) is 2. The number of nitrogens with zero attached hydrogens (tertiary/aromatic N) is 1. The minimum absolute atomic E-state index is 0.0478. The summed E-state index contributed by atoms with van der Waals surface area (Å²) in [5.41, 5.74) is 4.57. The van der Waals surface area contributed by atoms with E-state index in [0.717, 1.165) is 0 Å². The Morgan fingerprint density at radius 1 is 1.07 bits per heavy atom. The van der Waals surface area contributed by atoms with Crippen LogP contribution in [0.4, 0.5) is 4.39 Å². The highest BCUT2D eigenvalue weighted by Gasteiger charge is 2.25. The molecule has 0 bridgehead atoms. The van der Waals surface area contributed by atoms with Gasteiger partial charge in [-0.1, -0.05) is 40.5 Å². The zero-order valence-corrected chi connectivity index (χ0v) is 15.4. The molecule has 138 valence electrons. The molecule has 0 aliphatic carbocycles. The Hall–Kier alpha value is -2.90. The zero-order chi connectivity index (χ0) is 19.6. The summed E-state index contributed by atoms with van der Waals surface area (Å²) < 4.78 is 19.2. The van der Waals surface area contributed by atoms with Gasteiger partial charge in [-0.05, 0) is 37.3 Å². The summed E-state index contributed by atoms with van der Waals surface area (Å²) in [6.45, 7) is 1.49. The van der Waals surface area contributed by atoms with E-state index in [1.807, 2.05) is 0 Å². The second-order valence-electron chi connectivity index (χ2n) is 5.48. The second kappa shape index (κ2) is 7.77. The largest absolute Gasteiger partial charge is 0.360 e. The van der Waals surface area contributed by atoms with Crippen LogP contribution in [0.25, 0.3) is 11.3 Å². The quantitative estimate of drug-likeness (QED) is 0.638. The summed E-state index contributed by atoms with van der Waals surface area (Å²) in [6, 6.07) is 10.3. The van der Waals surface area contributed by atoms with Crippen molar-refractivity contribution in [1.29, 1.82) is 0 Å². The van der Waals surface area contributed by atoms with Gasteiger partial charge in [-0.15, -0.1) is 0 Å². The van der Waals surface area contributed by atoms with Crippen molar-refractivity contribution < 1.29 is 18.5 Å². The van der Waals surface area contributed by atoms with Crippen LogP contribution in [0.2, 0.25) is 10.0 Å². The van der Waals surface area contributed by atoms with E-state index < -0.39 is 17.6 Å². The number of amides is 2. The summed E-state index contributed by atoms with van der Waals surface area (Å²) in [5.74, 6) is -1.84. The molecule has 0 saturated heterocycles. The van der Waals surface area contributed by atoms with Crippen molar-refractivity contribution in [3.05, 3.63) is 75.2 Å². The number of benzene rings is 2. The van der Waals surface area contributed by atoms with E-state index in [4.69, 9.17) is 27.7 Å². The lowest BCUT2D eigenvalue weighted by Gasteiger charge is -2.09. The lowest BCUT2D eigenvalue weighted by molar-refractivity contribution is 0.0846. The minimum Gasteiger partial charge on any atom is -0.360 e. The molecule has 1 heterocycles. The van der Waals surface area contributed by atoms with Gasteiger partial charge in [0.2, 0.25) is 0 Å². The Balaban J connectivity index is 1.84. The van der Waals surface area contributed by atoms with Crippen LogP contribution < -0.4 is 10.9 Å². The Morgan fingerprint density at radius 3 is 2.48 bits per heavy atom. The van der Waals surface area contributed by atoms with E-state index in [1.165, 1.54) is 37.3 Å². The van der Waals surface area contributed by atoms with E-state index in [0.29, 0.717) is 5.02 Å². The van der Waals surface area contributed by atoms with Gasteiger partial charge in [-0.25, -0.2) is 4.39 Å². The summed E-state index contributed by atoms with van der Waals surface area (Å²) in [6.07, 6.45) is 0. The molecule has 0 atom stereocenters. The van der Waals surface area contributed by atoms with Crippen LogP contribution in [-0.4, -0.2) is 17.0 Å². The van der Waals surface area contributed by atoms with Gasteiger partial charge in [0.05, 0.1) is 10.6 Å². The van der Waals surface area contributed by atoms with E-state index in [2.05, 4.69) is 16.0 Å². The summed E-state index contributed by atoms with van der Waals surface area (Å²) in [4.78, 5) is 24.6. The van der Waals surface area contributed by atoms with E-state index in [1.54, 1.807) is 12.1 Å². The molecule has 2 N–H and O–H groups in total. The number of aryl methyl sites for hydroxylation is 1. The van der Waals surface area contributed by atoms with Crippen LogP contribution in [0, 0.1) is 12.7 Å². The topological polar surface area (TPSA) is 84.2 Å². The number of aromatic nitrogens is 1. The van der Waals surface area contributed by atoms with Crippen LogP contribution in [0.3, 0.4) is 0 Å². The monoisotopic (exact) mass is 407 g/mol. The number of hydrogen-bond acceptors (Lipinski definition) is 4. The van der Waals surface area contributed by atoms with Gasteiger partial charge in [0, 0.05) is 10.6 Å². The second-order valence-corrected chi connectivity index (χ2v) is 6.32. The Morgan fingerprint density at radius 2 is 1.78 bits per heavy atom. The van der Waals surface area contributed by atoms with E-state index in [-0.39, 0.29) is 33.2 Å². The molecule has 0 saturated carbocycles. The first-order valence-electron chi connectivity index (χ1n) is 7.65. The van der Waals surface area contributed by atoms with E-state index >= 15 is 0 Å². The molecule has 0 aliphatic rings. The van der Waals surface area contributed by atoms with Crippen LogP contribution in [-0.2, 0) is 0 Å². The van der Waals surface area contributed by atoms with Gasteiger partial charge in [-0.3, -0.25) is 20.4 Å². The van der Waals surface area contributed by atoms with Gasteiger partial charge in [0.1, 0.15) is 22.8 Å². The number of carbonyl (C=O) groups excluding carboxylic acids is 2. The molecule has 0 aliphatic heterocycles. The van der Waals surface area contributed by atoms with Crippen LogP contribution in [0.15, 0.2) is 47.0 Å². The summed E-state index contributed by atoms with van der Waals surface area (Å²) in [7, 11) is 0. The van der Waals surface area contributed by atoms with Crippen molar-refractivity contribution in [2.75, 3.05) is 0 Å². The predicted molar refractivity (Wildman–Crippen MR) is 98.0 cm³/mol. The molecule has 2 amide bonds. The lowest BCUT2D eigenvalue weighted by atomic mass is 10.1. The molecular weight excluding hydrogens is 396 g/mol. The van der Waals surface area contributed by atoms with Crippen molar-refractivity contribution in [1.82, 2.24) is 16.0 Å². The van der Waals surface area contributed by atoms with Crippen molar-refractivity contribution in [2.45, 2.75) is 6.92 Å². The Kier molecular flexibility index (Phi) is 5.43. The van der Waals surface area contributed by atoms with Crippen molar-refractivity contribution in [2.24, 2.45) is 0 Å². The maximum Gasteiger partial charge on any atom is 0.275 e. The van der Waals surface area contributed by atoms with Gasteiger partial charge >= 0.3 is 0 Å². The Bertz CT molecular complexity index is 1020. The molecule has 0 unspecified atom stereocenters. The average Bonchev–Trinajstić information content (AvgIpc) is 3.00. The first kappa shape index (κ1) is 18.9. The van der Waals surface area contributed by atoms with Gasteiger partial charge in [-0.2, -0.15) is 0 Å². The third-order valence-corrected chi connectivity index (χ3v) is 4.22. The minimum atomic E-state index is -0.738. The number of hydrazine groups is 1. The first-order chi connectivity index (χ1) is 12.9. The fourth-order valence-electron chi connectivity index (χ4n) is 2.41. The maximum atomic E-state index is 14.2. The molecule has 3 rings (SSSR count). The van der Waals surface area contributed by atoms with Crippen molar-refractivity contribution in [3.8, 4) is 11.3 Å². The molecular formula is C18H12Cl2FN3O3. The van der Waals surface area contributed by atoms with Gasteiger partial charge in [0.25, 0.3) is 11.8 Å². The van der Waals surface area contributed by atoms with Gasteiger partial charge < -0.3 is 4.52 Å². The van der Waals surface area contributed by atoms with Crippen LogP contribution in [0.5, 0.6) is 0 Å². The lowest BCUT2D eigenvalue weighted by Crippen LogP contribution is -2.41. The average molecular weight is 408 g/mol. The van der Waals surface area contributed by atoms with Crippen LogP contribution >= 0.6 is 23.2 Å². The van der Waals surface area contributed by atoms with Crippen molar-refractivity contribution >= 4 is 35.0 Å². The predicted octanol–water partition coefficient (Wildman–Crippen LogP) is 4.17. The smallest absolute Gasteiger partial charge is 0.275 e. The standard InChI is InChI=1S/C18H12Cl2FN3O3/c1-9-14(16(24-27-9)15-12(20)6-3-7-13(15)21)18(26)23-22-17(25)10-4-2-5-11(19)8-10/h2-8H,1H3,(H,22,25)(H,23,26). The SMILES string of the molecule is Cc1onc(-c2c(F)cccc2Cl)c1C(=O)NNC(=O)c1cccc(Cl)c1. The number of carbonyl (C=O) groups is 2. The fourth-order valence-corrected chi connectivity index (χ4v) is 2.85. The molecule has 9 heteroatoms. The molecule has 0 fully saturated rings. The maximum absolute atomic E-state index is 14.2. The zero-order valence-electron chi connectivity index (χ0n) is 13.8. The molecule has 6 nitrogen and oxygen atoms in total. The number of rotatable bonds is 3. The van der Waals surface area contributed by atoms with Crippen LogP contribution in [0.1, 0.15) is 26.5 Å². The molecule has 3 aromatic rings. The van der Waals surface area contributed by atoms with Crippen molar-refractivity contribution in [3.63, 3.8) is 0 Å². The first-order valence-corrected chi connectivity index (χ1v) is 8.41. The molecule has 0 spiro atoms. The van der Waals surface area contributed by atoms with Gasteiger partial charge in [0.15, 0.2) is 0 Å². The molecule has 2 aromatic carbocycles. The highest BCUT2D eigenvalue weighted by atomic mass is 35.5. The summed E-state index contributed by atoms with van der Waals surface area (Å²) >= 11 is 11.9. The summed E-state index contributed by atoms with van der Waals surface area (Å²) in [5, 5.41) is 4.18. The number of halogens is 3. The highest BCUT2D eigenvalue weighted by Crippen LogP contribution is 2.33. The fraction of sp³-hybridized carbons (Fsp3) is 0.0556. The molecule has 27 heavy (non-hydrogen) atoms. The highest BCUT2D eigenvalue weighted by molar-refractivity contribution is 6.33. The Labute approximate surface area is 163 Å². The third kappa shape index (κ3) is 3.94.